The molecule has 0 bridgehead atoms. The first-order valence-electron chi connectivity index (χ1n) is 6.96. The number of hydrogen-bond donors (Lipinski definition) is 2. The largest absolute Gasteiger partial charge is 0.312 e. The molecule has 5 nitrogen and oxygen atoms in total. The van der Waals surface area contributed by atoms with Crippen LogP contribution in [-0.4, -0.2) is 40.0 Å². The molecule has 1 atom stereocenters. The highest BCUT2D eigenvalue weighted by atomic mass is 32.2. The average Bonchev–Trinajstić information content (AvgIpc) is 2.38. The zero-order valence-corrected chi connectivity index (χ0v) is 12.7. The maximum Gasteiger partial charge on any atom is 0.238 e. The van der Waals surface area contributed by atoms with Gasteiger partial charge < -0.3 is 10.2 Å². The molecule has 0 aromatic heterocycles. The van der Waals surface area contributed by atoms with Crippen LogP contribution >= 0.6 is 0 Å². The minimum Gasteiger partial charge on any atom is -0.312 e. The fraction of sp³-hybridized carbons (Fsp3) is 0.571. The topological polar surface area (TPSA) is 75.4 Å². The Morgan fingerprint density at radius 1 is 1.35 bits per heavy atom. The Bertz CT molecular complexity index is 528. The molecule has 1 saturated heterocycles. The normalized spacial score (nSPS) is 21.0. The summed E-state index contributed by atoms with van der Waals surface area (Å²) in [6.45, 7) is 4.11. The number of primary sulfonamides is 1. The van der Waals surface area contributed by atoms with Crippen molar-refractivity contribution < 1.29 is 8.42 Å². The number of hydrogen-bond acceptors (Lipinski definition) is 4. The van der Waals surface area contributed by atoms with Gasteiger partial charge in [0.1, 0.15) is 0 Å². The molecule has 112 valence electrons. The first kappa shape index (κ1) is 15.4. The van der Waals surface area contributed by atoms with E-state index in [2.05, 4.69) is 17.3 Å². The standard InChI is InChI=1S/C14H23N3O2S/c1-17-8-2-3-13(11-17)10-16-9-12-4-6-14(7-5-12)20(15,18)19/h4-7,13,16H,2-3,8-11H2,1H3,(H2,15,18,19). The van der Waals surface area contributed by atoms with Gasteiger partial charge in [0, 0.05) is 13.1 Å². The van der Waals surface area contributed by atoms with Crippen LogP contribution in [0.25, 0.3) is 0 Å². The van der Waals surface area contributed by atoms with E-state index in [1.165, 1.54) is 19.4 Å². The van der Waals surface area contributed by atoms with Gasteiger partial charge in [0.25, 0.3) is 0 Å². The fourth-order valence-corrected chi connectivity index (χ4v) is 3.17. The Morgan fingerprint density at radius 3 is 2.65 bits per heavy atom. The van der Waals surface area contributed by atoms with Gasteiger partial charge in [-0.05, 0) is 56.6 Å². The molecule has 0 amide bonds. The number of sulfonamides is 1. The van der Waals surface area contributed by atoms with E-state index in [0.717, 1.165) is 25.2 Å². The summed E-state index contributed by atoms with van der Waals surface area (Å²) in [7, 11) is -1.42. The molecule has 0 spiro atoms. The number of nitrogens with two attached hydrogens (primary N) is 1. The Labute approximate surface area is 121 Å². The summed E-state index contributed by atoms with van der Waals surface area (Å²) in [5.74, 6) is 0.706. The first-order chi connectivity index (χ1) is 9.45. The molecule has 1 aromatic carbocycles. The lowest BCUT2D eigenvalue weighted by Gasteiger charge is -2.29. The van der Waals surface area contributed by atoms with E-state index in [1.54, 1.807) is 24.3 Å². The van der Waals surface area contributed by atoms with Crippen LogP contribution in [0.4, 0.5) is 0 Å². The Balaban J connectivity index is 1.79. The third kappa shape index (κ3) is 4.56. The summed E-state index contributed by atoms with van der Waals surface area (Å²) >= 11 is 0. The van der Waals surface area contributed by atoms with Gasteiger partial charge >= 0.3 is 0 Å². The van der Waals surface area contributed by atoms with Crippen molar-refractivity contribution in [1.29, 1.82) is 0 Å². The number of nitrogens with one attached hydrogen (secondary N) is 1. The second-order valence-electron chi connectivity index (χ2n) is 5.59. The van der Waals surface area contributed by atoms with E-state index in [4.69, 9.17) is 5.14 Å². The second kappa shape index (κ2) is 6.67. The molecule has 0 saturated carbocycles. The average molecular weight is 297 g/mol. The molecule has 1 aliphatic rings. The van der Waals surface area contributed by atoms with Crippen molar-refractivity contribution in [3.8, 4) is 0 Å². The van der Waals surface area contributed by atoms with Crippen LogP contribution in [0.5, 0.6) is 0 Å². The van der Waals surface area contributed by atoms with Crippen molar-refractivity contribution in [3.05, 3.63) is 29.8 Å². The Morgan fingerprint density at radius 2 is 2.05 bits per heavy atom. The van der Waals surface area contributed by atoms with Gasteiger partial charge in [-0.25, -0.2) is 13.6 Å². The third-order valence-corrected chi connectivity index (χ3v) is 4.67. The predicted octanol–water partition coefficient (Wildman–Crippen LogP) is 0.765. The summed E-state index contributed by atoms with van der Waals surface area (Å²) < 4.78 is 22.3. The van der Waals surface area contributed by atoms with Crippen molar-refractivity contribution >= 4 is 10.0 Å². The van der Waals surface area contributed by atoms with Crippen molar-refractivity contribution in [3.63, 3.8) is 0 Å². The zero-order valence-electron chi connectivity index (χ0n) is 11.9. The minimum absolute atomic E-state index is 0.162. The molecule has 1 heterocycles. The summed E-state index contributed by atoms with van der Waals surface area (Å²) in [6.07, 6.45) is 2.55. The van der Waals surface area contributed by atoms with Crippen LogP contribution in [0.15, 0.2) is 29.2 Å². The van der Waals surface area contributed by atoms with Crippen molar-refractivity contribution in [1.82, 2.24) is 10.2 Å². The van der Waals surface area contributed by atoms with Crippen molar-refractivity contribution in [2.24, 2.45) is 11.1 Å². The molecule has 1 fully saturated rings. The van der Waals surface area contributed by atoms with Crippen LogP contribution in [0.2, 0.25) is 0 Å². The highest BCUT2D eigenvalue weighted by Crippen LogP contribution is 2.14. The van der Waals surface area contributed by atoms with Gasteiger partial charge in [-0.2, -0.15) is 0 Å². The smallest absolute Gasteiger partial charge is 0.238 e. The Hall–Kier alpha value is -0.950. The van der Waals surface area contributed by atoms with Gasteiger partial charge in [-0.15, -0.1) is 0 Å². The molecule has 20 heavy (non-hydrogen) atoms. The van der Waals surface area contributed by atoms with Crippen LogP contribution in [0, 0.1) is 5.92 Å². The highest BCUT2D eigenvalue weighted by Gasteiger charge is 2.16. The lowest BCUT2D eigenvalue weighted by molar-refractivity contribution is 0.206. The van der Waals surface area contributed by atoms with Crippen LogP contribution in [0.3, 0.4) is 0 Å². The van der Waals surface area contributed by atoms with E-state index < -0.39 is 10.0 Å². The predicted molar refractivity (Wildman–Crippen MR) is 79.7 cm³/mol. The van der Waals surface area contributed by atoms with Crippen LogP contribution < -0.4 is 10.5 Å². The minimum atomic E-state index is -3.59. The second-order valence-corrected chi connectivity index (χ2v) is 7.15. The Kier molecular flexibility index (Phi) is 5.15. The summed E-state index contributed by atoms with van der Waals surface area (Å²) in [4.78, 5) is 2.53. The van der Waals surface area contributed by atoms with Gasteiger partial charge in [-0.3, -0.25) is 0 Å². The summed E-state index contributed by atoms with van der Waals surface area (Å²) in [5.41, 5.74) is 1.07. The fourth-order valence-electron chi connectivity index (χ4n) is 2.66. The van der Waals surface area contributed by atoms with Gasteiger partial charge in [0.15, 0.2) is 0 Å². The van der Waals surface area contributed by atoms with Crippen LogP contribution in [-0.2, 0) is 16.6 Å². The van der Waals surface area contributed by atoms with E-state index in [0.29, 0.717) is 5.92 Å². The van der Waals surface area contributed by atoms with Crippen LogP contribution in [0.1, 0.15) is 18.4 Å². The number of likely N-dealkylation sites (tertiary alicyclic amines) is 1. The summed E-state index contributed by atoms with van der Waals surface area (Å²) in [5, 5.41) is 8.51. The molecular weight excluding hydrogens is 274 g/mol. The first-order valence-corrected chi connectivity index (χ1v) is 8.51. The van der Waals surface area contributed by atoms with E-state index in [1.807, 2.05) is 0 Å². The van der Waals surface area contributed by atoms with Gasteiger partial charge in [0.2, 0.25) is 10.0 Å². The molecule has 1 aliphatic heterocycles. The number of benzene rings is 1. The maximum atomic E-state index is 11.2. The van der Waals surface area contributed by atoms with Gasteiger partial charge in [0.05, 0.1) is 4.90 Å². The lowest BCUT2D eigenvalue weighted by Crippen LogP contribution is -2.37. The van der Waals surface area contributed by atoms with Crippen molar-refractivity contribution in [2.45, 2.75) is 24.3 Å². The van der Waals surface area contributed by atoms with E-state index >= 15 is 0 Å². The quantitative estimate of drug-likeness (QED) is 0.841. The monoisotopic (exact) mass is 297 g/mol. The zero-order chi connectivity index (χ0) is 14.6. The molecule has 2 rings (SSSR count). The molecular formula is C14H23N3O2S. The van der Waals surface area contributed by atoms with E-state index in [-0.39, 0.29) is 4.90 Å². The SMILES string of the molecule is CN1CCCC(CNCc2ccc(S(N)(=O)=O)cc2)C1. The highest BCUT2D eigenvalue weighted by molar-refractivity contribution is 7.89. The number of rotatable bonds is 5. The maximum absolute atomic E-state index is 11.2. The van der Waals surface area contributed by atoms with E-state index in [9.17, 15) is 8.42 Å². The van der Waals surface area contributed by atoms with Crippen molar-refractivity contribution in [2.75, 3.05) is 26.7 Å². The number of nitrogens with zero attached hydrogens (tertiary/aromatic N) is 1. The summed E-state index contributed by atoms with van der Waals surface area (Å²) in [6, 6.07) is 6.72. The molecule has 0 radical (unpaired) electrons. The molecule has 6 heteroatoms. The third-order valence-electron chi connectivity index (χ3n) is 3.74. The molecule has 1 aromatic rings. The molecule has 0 aliphatic carbocycles. The van der Waals surface area contributed by atoms with Gasteiger partial charge in [-0.1, -0.05) is 12.1 Å². The molecule has 1 unspecified atom stereocenters. The lowest BCUT2D eigenvalue weighted by atomic mass is 9.98. The molecule has 3 N–H and O–H groups in total. The number of piperidine rings is 1.